The predicted molar refractivity (Wildman–Crippen MR) is 140 cm³/mol. The van der Waals surface area contributed by atoms with Crippen LogP contribution in [0, 0.1) is 5.92 Å². The molecule has 2 N–H and O–H groups in total. The molecule has 2 fully saturated rings. The first-order chi connectivity index (χ1) is 17.8. The Hall–Kier alpha value is -3.05. The van der Waals surface area contributed by atoms with Gasteiger partial charge in [0, 0.05) is 31.6 Å². The normalized spacial score (nSPS) is 24.7. The van der Waals surface area contributed by atoms with E-state index in [0.29, 0.717) is 48.3 Å². The van der Waals surface area contributed by atoms with Crippen LogP contribution in [0.15, 0.2) is 34.3 Å². The van der Waals surface area contributed by atoms with Crippen molar-refractivity contribution in [3.05, 3.63) is 35.5 Å². The van der Waals surface area contributed by atoms with Crippen molar-refractivity contribution in [3.8, 4) is 5.75 Å². The number of aliphatic hydroxyl groups excluding tert-OH is 1. The Labute approximate surface area is 218 Å². The van der Waals surface area contributed by atoms with Crippen LogP contribution in [0.3, 0.4) is 0 Å². The van der Waals surface area contributed by atoms with Crippen molar-refractivity contribution >= 4 is 34.2 Å². The van der Waals surface area contributed by atoms with Gasteiger partial charge in [0.05, 0.1) is 47.4 Å². The lowest BCUT2D eigenvalue weighted by Gasteiger charge is -2.42. The number of hydrazone groups is 1. The molecule has 2 aromatic rings. The average Bonchev–Trinajstić information content (AvgIpc) is 3.22. The van der Waals surface area contributed by atoms with E-state index in [2.05, 4.69) is 15.3 Å². The number of nitrogens with one attached hydrogen (secondary N) is 1. The fraction of sp³-hybridized carbons (Fsp3) is 0.538. The Kier molecular flexibility index (Phi) is 6.15. The van der Waals surface area contributed by atoms with Crippen molar-refractivity contribution in [3.63, 3.8) is 0 Å². The van der Waals surface area contributed by atoms with Crippen LogP contribution >= 0.6 is 0 Å². The maximum absolute atomic E-state index is 12.6. The van der Waals surface area contributed by atoms with E-state index in [1.54, 1.807) is 7.05 Å². The van der Waals surface area contributed by atoms with Crippen LogP contribution in [0.1, 0.15) is 43.9 Å². The molecule has 1 aliphatic carbocycles. The third-order valence-corrected chi connectivity index (χ3v) is 9.28. The molecular weight excluding hydrogens is 492 g/mol. The Bertz CT molecular complexity index is 1270. The number of fused-ring (bicyclic) bond motifs is 1. The molecule has 1 aromatic carbocycles. The molecule has 37 heavy (non-hydrogen) atoms. The van der Waals surface area contributed by atoms with Gasteiger partial charge in [-0.3, -0.25) is 9.00 Å². The number of aliphatic hydroxyl groups is 1. The summed E-state index contributed by atoms with van der Waals surface area (Å²) in [5.74, 6) is 2.68. The zero-order valence-corrected chi connectivity index (χ0v) is 22.0. The molecule has 1 unspecified atom stereocenters. The van der Waals surface area contributed by atoms with Crippen molar-refractivity contribution in [2.45, 2.75) is 55.6 Å². The van der Waals surface area contributed by atoms with E-state index >= 15 is 0 Å². The summed E-state index contributed by atoms with van der Waals surface area (Å²) in [6.45, 7) is 3.37. The van der Waals surface area contributed by atoms with E-state index < -0.39 is 10.8 Å². The number of ether oxygens (including phenoxy) is 1. The molecule has 2 atom stereocenters. The first-order valence-corrected chi connectivity index (χ1v) is 14.2. The third kappa shape index (κ3) is 4.48. The van der Waals surface area contributed by atoms with Crippen LogP contribution in [0.4, 0.5) is 11.8 Å². The van der Waals surface area contributed by atoms with Crippen molar-refractivity contribution < 1.29 is 18.8 Å². The quantitative estimate of drug-likeness (QED) is 0.564. The molecule has 0 bridgehead atoms. The summed E-state index contributed by atoms with van der Waals surface area (Å²) in [4.78, 5) is 24.1. The molecule has 1 saturated heterocycles. The second kappa shape index (κ2) is 9.36. The Balaban J connectivity index is 1.12. The standard InChI is InChI=1S/C26H32N6O4S/c1-16-12-21(34)31(2)30-22(16)17-4-6-18(7-5-17)36-19-13-32(14-19)25-27-20-8-11-37(35)23(20)24(28-25)29-26(15-33)9-3-10-26/h4-7,16,19,33H,3,8-15H2,1-2H3,(H,27,28,29)/t16?,37-/m1/s1. The molecule has 196 valence electrons. The molecule has 0 spiro atoms. The first kappa shape index (κ1) is 24.3. The van der Waals surface area contributed by atoms with Gasteiger partial charge in [-0.05, 0) is 49.1 Å². The number of carbonyl (C=O) groups excluding carboxylic acids is 1. The van der Waals surface area contributed by atoms with Crippen molar-refractivity contribution in [2.24, 2.45) is 11.0 Å². The number of hydrogen-bond acceptors (Lipinski definition) is 9. The predicted octanol–water partition coefficient (Wildman–Crippen LogP) is 1.94. The largest absolute Gasteiger partial charge is 0.487 e. The number of nitrogens with zero attached hydrogens (tertiary/aromatic N) is 5. The second-order valence-corrected chi connectivity index (χ2v) is 12.0. The molecule has 3 aliphatic heterocycles. The maximum atomic E-state index is 12.6. The highest BCUT2D eigenvalue weighted by molar-refractivity contribution is 7.85. The molecule has 4 heterocycles. The van der Waals surface area contributed by atoms with E-state index in [0.717, 1.165) is 42.0 Å². The van der Waals surface area contributed by atoms with Gasteiger partial charge in [0.2, 0.25) is 11.9 Å². The van der Waals surface area contributed by atoms with Gasteiger partial charge in [-0.15, -0.1) is 0 Å². The number of benzene rings is 1. The van der Waals surface area contributed by atoms with E-state index in [1.165, 1.54) is 5.01 Å². The van der Waals surface area contributed by atoms with Crippen LogP contribution in [-0.2, 0) is 22.0 Å². The van der Waals surface area contributed by atoms with Gasteiger partial charge in [-0.1, -0.05) is 6.92 Å². The lowest BCUT2D eigenvalue weighted by molar-refractivity contribution is -0.131. The van der Waals surface area contributed by atoms with Crippen molar-refractivity contribution in [1.82, 2.24) is 15.0 Å². The molecular formula is C26H32N6O4S. The van der Waals surface area contributed by atoms with Gasteiger partial charge in [0.1, 0.15) is 22.6 Å². The fourth-order valence-electron chi connectivity index (χ4n) is 5.31. The minimum Gasteiger partial charge on any atom is -0.487 e. The SMILES string of the molecule is CC1CC(=O)N(C)N=C1c1ccc(OC2CN(c3nc4c(c(NC5(CO)CCC5)n3)[S@](=O)CC4)C2)cc1. The average molecular weight is 525 g/mol. The highest BCUT2D eigenvalue weighted by Gasteiger charge is 2.40. The third-order valence-electron chi connectivity index (χ3n) is 7.82. The summed E-state index contributed by atoms with van der Waals surface area (Å²) < 4.78 is 18.8. The zero-order chi connectivity index (χ0) is 25.7. The molecule has 1 amide bonds. The summed E-state index contributed by atoms with van der Waals surface area (Å²) in [6.07, 6.45) is 3.97. The number of carbonyl (C=O) groups is 1. The number of rotatable bonds is 7. The van der Waals surface area contributed by atoms with Crippen LogP contribution < -0.4 is 15.0 Å². The van der Waals surface area contributed by atoms with Gasteiger partial charge in [-0.2, -0.15) is 10.1 Å². The van der Waals surface area contributed by atoms with Gasteiger partial charge >= 0.3 is 0 Å². The Morgan fingerprint density at radius 2 is 1.97 bits per heavy atom. The highest BCUT2D eigenvalue weighted by Crippen LogP contribution is 2.38. The lowest BCUT2D eigenvalue weighted by atomic mass is 9.77. The molecule has 0 radical (unpaired) electrons. The van der Waals surface area contributed by atoms with Crippen molar-refractivity contribution in [2.75, 3.05) is 42.7 Å². The maximum Gasteiger partial charge on any atom is 0.243 e. The molecule has 1 saturated carbocycles. The highest BCUT2D eigenvalue weighted by atomic mass is 32.2. The zero-order valence-electron chi connectivity index (χ0n) is 21.1. The smallest absolute Gasteiger partial charge is 0.243 e. The number of anilines is 2. The van der Waals surface area contributed by atoms with Crippen LogP contribution in [0.2, 0.25) is 0 Å². The summed E-state index contributed by atoms with van der Waals surface area (Å²) >= 11 is 0. The first-order valence-electron chi connectivity index (χ1n) is 12.9. The number of aryl methyl sites for hydroxylation is 1. The minimum absolute atomic E-state index is 0.0124. The second-order valence-electron chi connectivity index (χ2n) is 10.5. The molecule has 11 heteroatoms. The van der Waals surface area contributed by atoms with E-state index in [1.807, 2.05) is 31.2 Å². The van der Waals surface area contributed by atoms with E-state index in [9.17, 15) is 14.1 Å². The van der Waals surface area contributed by atoms with Crippen molar-refractivity contribution in [1.29, 1.82) is 0 Å². The van der Waals surface area contributed by atoms with Gasteiger partial charge in [0.25, 0.3) is 0 Å². The van der Waals surface area contributed by atoms with Crippen LogP contribution in [0.25, 0.3) is 0 Å². The monoisotopic (exact) mass is 524 g/mol. The summed E-state index contributed by atoms with van der Waals surface area (Å²) in [5.41, 5.74) is 2.37. The van der Waals surface area contributed by atoms with E-state index in [-0.39, 0.29) is 30.1 Å². The summed E-state index contributed by atoms with van der Waals surface area (Å²) in [7, 11) is 0.577. The molecule has 6 rings (SSSR count). The number of hydrogen-bond donors (Lipinski definition) is 2. The fourth-order valence-corrected chi connectivity index (χ4v) is 6.61. The number of aromatic nitrogens is 2. The summed E-state index contributed by atoms with van der Waals surface area (Å²) in [6, 6.07) is 7.87. The topological polar surface area (TPSA) is 120 Å². The minimum atomic E-state index is -1.11. The molecule has 10 nitrogen and oxygen atoms in total. The number of amides is 1. The van der Waals surface area contributed by atoms with Crippen LogP contribution in [0.5, 0.6) is 5.75 Å². The van der Waals surface area contributed by atoms with Crippen LogP contribution in [-0.4, -0.2) is 80.1 Å². The van der Waals surface area contributed by atoms with Gasteiger partial charge < -0.3 is 20.1 Å². The Morgan fingerprint density at radius 3 is 2.65 bits per heavy atom. The molecule has 1 aromatic heterocycles. The lowest BCUT2D eigenvalue weighted by Crippen LogP contribution is -2.55. The van der Waals surface area contributed by atoms with Gasteiger partial charge in [0.15, 0.2) is 0 Å². The van der Waals surface area contributed by atoms with Gasteiger partial charge in [-0.25, -0.2) is 9.99 Å². The molecule has 4 aliphatic rings. The van der Waals surface area contributed by atoms with E-state index in [4.69, 9.17) is 14.7 Å². The Morgan fingerprint density at radius 1 is 1.22 bits per heavy atom. The summed E-state index contributed by atoms with van der Waals surface area (Å²) in [5, 5.41) is 19.2.